The number of carboxylic acids is 1. The van der Waals surface area contributed by atoms with Gasteiger partial charge in [0.1, 0.15) is 16.9 Å². The lowest BCUT2D eigenvalue weighted by Gasteiger charge is -2.36. The first kappa shape index (κ1) is 15.2. The minimum absolute atomic E-state index is 0.271. The zero-order chi connectivity index (χ0) is 15.0. The van der Waals surface area contributed by atoms with Gasteiger partial charge in [-0.3, -0.25) is 4.79 Å². The SMILES string of the molecule is CC1CCN(C(=O)c2cc(Cl)c(Cl)n2C)C(C(=O)O)C1. The van der Waals surface area contributed by atoms with Crippen molar-refractivity contribution in [2.75, 3.05) is 6.54 Å². The normalized spacial score (nSPS) is 22.9. The molecule has 1 N–H and O–H groups in total. The Morgan fingerprint density at radius 2 is 2.05 bits per heavy atom. The summed E-state index contributed by atoms with van der Waals surface area (Å²) in [4.78, 5) is 25.3. The van der Waals surface area contributed by atoms with Gasteiger partial charge in [-0.2, -0.15) is 0 Å². The monoisotopic (exact) mass is 318 g/mol. The van der Waals surface area contributed by atoms with E-state index >= 15 is 0 Å². The van der Waals surface area contributed by atoms with Gasteiger partial charge in [0, 0.05) is 13.6 Å². The lowest BCUT2D eigenvalue weighted by molar-refractivity contribution is -0.144. The summed E-state index contributed by atoms with van der Waals surface area (Å²) in [5.41, 5.74) is 0.306. The van der Waals surface area contributed by atoms with Crippen LogP contribution in [0.1, 0.15) is 30.3 Å². The van der Waals surface area contributed by atoms with Crippen molar-refractivity contribution in [1.82, 2.24) is 9.47 Å². The highest BCUT2D eigenvalue weighted by atomic mass is 35.5. The van der Waals surface area contributed by atoms with Crippen LogP contribution in [0.3, 0.4) is 0 Å². The van der Waals surface area contributed by atoms with Gasteiger partial charge < -0.3 is 14.6 Å². The molecule has 0 radical (unpaired) electrons. The second-order valence-corrected chi connectivity index (χ2v) is 5.97. The van der Waals surface area contributed by atoms with Crippen LogP contribution in [0.15, 0.2) is 6.07 Å². The lowest BCUT2D eigenvalue weighted by atomic mass is 9.92. The van der Waals surface area contributed by atoms with Crippen LogP contribution in [0.25, 0.3) is 0 Å². The number of halogens is 2. The van der Waals surface area contributed by atoms with E-state index in [9.17, 15) is 14.7 Å². The number of carbonyl (C=O) groups excluding carboxylic acids is 1. The highest BCUT2D eigenvalue weighted by Crippen LogP contribution is 2.29. The Balaban J connectivity index is 2.31. The highest BCUT2D eigenvalue weighted by molar-refractivity contribution is 6.41. The quantitative estimate of drug-likeness (QED) is 0.911. The zero-order valence-corrected chi connectivity index (χ0v) is 12.8. The Bertz CT molecular complexity index is 556. The molecule has 2 atom stereocenters. The van der Waals surface area contributed by atoms with Gasteiger partial charge in [0.05, 0.1) is 5.02 Å². The summed E-state index contributed by atoms with van der Waals surface area (Å²) in [7, 11) is 1.63. The van der Waals surface area contributed by atoms with Crippen LogP contribution in [0.4, 0.5) is 0 Å². The molecule has 1 aliphatic rings. The van der Waals surface area contributed by atoms with Crippen LogP contribution in [0, 0.1) is 5.92 Å². The second-order valence-electron chi connectivity index (χ2n) is 5.21. The maximum absolute atomic E-state index is 12.5. The van der Waals surface area contributed by atoms with Crippen molar-refractivity contribution in [1.29, 1.82) is 0 Å². The third-order valence-electron chi connectivity index (χ3n) is 3.75. The fourth-order valence-corrected chi connectivity index (χ4v) is 2.89. The fraction of sp³-hybridized carbons (Fsp3) is 0.538. The summed E-state index contributed by atoms with van der Waals surface area (Å²) < 4.78 is 1.48. The largest absolute Gasteiger partial charge is 0.480 e. The zero-order valence-electron chi connectivity index (χ0n) is 11.3. The van der Waals surface area contributed by atoms with E-state index in [1.54, 1.807) is 7.05 Å². The number of aromatic nitrogens is 1. The lowest BCUT2D eigenvalue weighted by Crippen LogP contribution is -2.50. The maximum Gasteiger partial charge on any atom is 0.326 e. The van der Waals surface area contributed by atoms with Crippen molar-refractivity contribution in [3.63, 3.8) is 0 Å². The molecule has 5 nitrogen and oxygen atoms in total. The minimum atomic E-state index is -0.976. The van der Waals surface area contributed by atoms with E-state index < -0.39 is 12.0 Å². The van der Waals surface area contributed by atoms with E-state index in [0.717, 1.165) is 6.42 Å². The Hall–Kier alpha value is -1.20. The minimum Gasteiger partial charge on any atom is -0.480 e. The number of carboxylic acid groups (broad SMARTS) is 1. The van der Waals surface area contributed by atoms with Crippen LogP contribution in [0.5, 0.6) is 0 Å². The van der Waals surface area contributed by atoms with Gasteiger partial charge in [-0.05, 0) is 24.8 Å². The molecule has 1 saturated heterocycles. The molecule has 1 fully saturated rings. The number of amides is 1. The van der Waals surface area contributed by atoms with Crippen LogP contribution in [-0.2, 0) is 11.8 Å². The molecule has 0 saturated carbocycles. The molecular formula is C13H16Cl2N2O3. The number of hydrogen-bond acceptors (Lipinski definition) is 2. The van der Waals surface area contributed by atoms with E-state index in [1.165, 1.54) is 15.5 Å². The molecule has 1 aromatic rings. The van der Waals surface area contributed by atoms with E-state index in [1.807, 2.05) is 6.92 Å². The van der Waals surface area contributed by atoms with Gasteiger partial charge >= 0.3 is 5.97 Å². The summed E-state index contributed by atoms with van der Waals surface area (Å²) in [6, 6.07) is 0.682. The standard InChI is InChI=1S/C13H16Cl2N2O3/c1-7-3-4-17(10(5-7)13(19)20)12(18)9-6-8(14)11(15)16(9)2/h6-7,10H,3-5H2,1-2H3,(H,19,20). The van der Waals surface area contributed by atoms with Crippen molar-refractivity contribution in [3.05, 3.63) is 21.9 Å². The van der Waals surface area contributed by atoms with Gasteiger partial charge in [0.25, 0.3) is 5.91 Å². The average molecular weight is 319 g/mol. The summed E-state index contributed by atoms with van der Waals surface area (Å²) in [5, 5.41) is 9.86. The first-order valence-corrected chi connectivity index (χ1v) is 7.13. The summed E-state index contributed by atoms with van der Waals surface area (Å²) in [6.07, 6.45) is 1.26. The molecule has 0 bridgehead atoms. The molecule has 1 aliphatic heterocycles. The molecule has 0 spiro atoms. The number of rotatable bonds is 2. The van der Waals surface area contributed by atoms with E-state index in [4.69, 9.17) is 23.2 Å². The Morgan fingerprint density at radius 3 is 2.55 bits per heavy atom. The molecule has 2 rings (SSSR count). The maximum atomic E-state index is 12.5. The summed E-state index contributed by atoms with van der Waals surface area (Å²) in [6.45, 7) is 2.42. The number of carbonyl (C=O) groups is 2. The topological polar surface area (TPSA) is 62.5 Å². The molecule has 20 heavy (non-hydrogen) atoms. The number of likely N-dealkylation sites (tertiary alicyclic amines) is 1. The van der Waals surface area contributed by atoms with Crippen molar-refractivity contribution < 1.29 is 14.7 Å². The molecule has 0 aromatic carbocycles. The van der Waals surface area contributed by atoms with Gasteiger partial charge in [0.15, 0.2) is 0 Å². The first-order valence-electron chi connectivity index (χ1n) is 6.37. The average Bonchev–Trinajstić information content (AvgIpc) is 2.65. The third kappa shape index (κ3) is 2.65. The first-order chi connectivity index (χ1) is 9.32. The Labute approximate surface area is 127 Å². The molecular weight excluding hydrogens is 303 g/mol. The van der Waals surface area contributed by atoms with Crippen LogP contribution in [-0.4, -0.2) is 39.0 Å². The van der Waals surface area contributed by atoms with Crippen LogP contribution < -0.4 is 0 Å². The van der Waals surface area contributed by atoms with E-state index in [2.05, 4.69) is 0 Å². The van der Waals surface area contributed by atoms with Crippen LogP contribution in [0.2, 0.25) is 10.2 Å². The van der Waals surface area contributed by atoms with Gasteiger partial charge in [-0.25, -0.2) is 4.79 Å². The molecule has 110 valence electrons. The van der Waals surface area contributed by atoms with Crippen molar-refractivity contribution in [3.8, 4) is 0 Å². The van der Waals surface area contributed by atoms with Gasteiger partial charge in [-0.15, -0.1) is 0 Å². The molecule has 2 unspecified atom stereocenters. The van der Waals surface area contributed by atoms with Crippen molar-refractivity contribution in [2.24, 2.45) is 13.0 Å². The summed E-state index contributed by atoms with van der Waals surface area (Å²) >= 11 is 11.8. The fourth-order valence-electron chi connectivity index (χ4n) is 2.51. The third-order valence-corrected chi connectivity index (χ3v) is 4.59. The molecule has 1 amide bonds. The number of aliphatic carboxylic acids is 1. The molecule has 7 heteroatoms. The molecule has 1 aromatic heterocycles. The molecule has 2 heterocycles. The highest BCUT2D eigenvalue weighted by Gasteiger charge is 2.36. The summed E-state index contributed by atoms with van der Waals surface area (Å²) in [5.74, 6) is -1.03. The smallest absolute Gasteiger partial charge is 0.326 e. The van der Waals surface area contributed by atoms with E-state index in [-0.39, 0.29) is 16.1 Å². The number of piperidine rings is 1. The predicted molar refractivity (Wildman–Crippen MR) is 76.3 cm³/mol. The van der Waals surface area contributed by atoms with Crippen molar-refractivity contribution >= 4 is 35.1 Å². The van der Waals surface area contributed by atoms with Crippen molar-refractivity contribution in [2.45, 2.75) is 25.8 Å². The predicted octanol–water partition coefficient (Wildman–Crippen LogP) is 2.66. The second kappa shape index (κ2) is 5.66. The van der Waals surface area contributed by atoms with E-state index in [0.29, 0.717) is 24.6 Å². The Morgan fingerprint density at radius 1 is 1.40 bits per heavy atom. The van der Waals surface area contributed by atoms with Gasteiger partial charge in [0.2, 0.25) is 0 Å². The number of nitrogens with zero attached hydrogens (tertiary/aromatic N) is 2. The number of hydrogen-bond donors (Lipinski definition) is 1. The van der Waals surface area contributed by atoms with Gasteiger partial charge in [-0.1, -0.05) is 30.1 Å². The Kier molecular flexibility index (Phi) is 4.30. The molecule has 0 aliphatic carbocycles. The van der Waals surface area contributed by atoms with Crippen LogP contribution >= 0.6 is 23.2 Å².